The van der Waals surface area contributed by atoms with Crippen LogP contribution in [-0.2, 0) is 17.9 Å². The maximum Gasteiger partial charge on any atom is 0.287 e. The summed E-state index contributed by atoms with van der Waals surface area (Å²) in [7, 11) is 1.59. The highest BCUT2D eigenvalue weighted by molar-refractivity contribution is 5.92. The number of ether oxygens (including phenoxy) is 1. The molecule has 2 aromatic carbocycles. The van der Waals surface area contributed by atoms with E-state index in [9.17, 15) is 9.59 Å². The molecule has 4 rings (SSSR count). The number of hydrogen-bond donors (Lipinski definition) is 2. The van der Waals surface area contributed by atoms with Crippen molar-refractivity contribution in [1.29, 1.82) is 0 Å². The van der Waals surface area contributed by atoms with Gasteiger partial charge in [0.15, 0.2) is 5.76 Å². The van der Waals surface area contributed by atoms with E-state index in [1.165, 1.54) is 6.26 Å². The van der Waals surface area contributed by atoms with Gasteiger partial charge in [-0.3, -0.25) is 9.59 Å². The summed E-state index contributed by atoms with van der Waals surface area (Å²) in [5, 5.41) is 5.64. The Balaban J connectivity index is 1.52. The topological polar surface area (TPSA) is 98.4 Å². The molecule has 0 unspecified atom stereocenters. The van der Waals surface area contributed by atoms with E-state index in [0.717, 1.165) is 11.0 Å². The largest absolute Gasteiger partial charge is 0.497 e. The predicted molar refractivity (Wildman–Crippen MR) is 111 cm³/mol. The summed E-state index contributed by atoms with van der Waals surface area (Å²) in [5.74, 6) is 0.947. The third kappa shape index (κ3) is 4.17. The number of furan rings is 1. The van der Waals surface area contributed by atoms with E-state index in [-0.39, 0.29) is 30.7 Å². The molecule has 0 bridgehead atoms. The van der Waals surface area contributed by atoms with Crippen molar-refractivity contribution in [3.05, 3.63) is 78.5 Å². The van der Waals surface area contributed by atoms with Crippen molar-refractivity contribution in [2.45, 2.75) is 13.1 Å². The molecule has 30 heavy (non-hydrogen) atoms. The van der Waals surface area contributed by atoms with E-state index in [2.05, 4.69) is 15.6 Å². The minimum absolute atomic E-state index is 0.0541. The molecule has 0 fully saturated rings. The van der Waals surface area contributed by atoms with Crippen LogP contribution in [0.4, 0.5) is 5.69 Å². The van der Waals surface area contributed by atoms with Crippen LogP contribution in [0.1, 0.15) is 16.4 Å². The van der Waals surface area contributed by atoms with Crippen LogP contribution in [0.3, 0.4) is 0 Å². The lowest BCUT2D eigenvalue weighted by atomic mass is 10.3. The zero-order valence-electron chi connectivity index (χ0n) is 16.3. The summed E-state index contributed by atoms with van der Waals surface area (Å²) < 4.78 is 12.0. The molecule has 4 aromatic rings. The maximum absolute atomic E-state index is 12.7. The van der Waals surface area contributed by atoms with Crippen molar-refractivity contribution < 1.29 is 18.7 Å². The lowest BCUT2D eigenvalue weighted by molar-refractivity contribution is -0.116. The third-order valence-electron chi connectivity index (χ3n) is 4.56. The number of nitrogens with one attached hydrogen (secondary N) is 2. The number of nitrogens with zero attached hydrogens (tertiary/aromatic N) is 2. The Hall–Kier alpha value is -4.07. The summed E-state index contributed by atoms with van der Waals surface area (Å²) in [4.78, 5) is 29.4. The van der Waals surface area contributed by atoms with Crippen molar-refractivity contribution >= 4 is 28.5 Å². The molecular formula is C22H20N4O4. The summed E-state index contributed by atoms with van der Waals surface area (Å²) in [5.41, 5.74) is 2.22. The second kappa shape index (κ2) is 8.52. The van der Waals surface area contributed by atoms with Gasteiger partial charge >= 0.3 is 0 Å². The zero-order valence-corrected chi connectivity index (χ0v) is 16.3. The number of imidazole rings is 1. The average molecular weight is 404 g/mol. The molecule has 0 saturated heterocycles. The molecule has 2 amide bonds. The minimum Gasteiger partial charge on any atom is -0.497 e. The summed E-state index contributed by atoms with van der Waals surface area (Å²) in [6.45, 7) is 0.211. The highest BCUT2D eigenvalue weighted by atomic mass is 16.5. The molecule has 2 heterocycles. The molecule has 0 saturated carbocycles. The maximum atomic E-state index is 12.7. The standard InChI is InChI=1S/C22H20N4O4/c1-29-16-10-8-15(9-11-16)24-21(27)14-26-18-6-3-2-5-17(18)25-20(26)13-23-22(28)19-7-4-12-30-19/h2-12H,13-14H2,1H3,(H,23,28)(H,24,27). The van der Waals surface area contributed by atoms with E-state index in [0.29, 0.717) is 17.3 Å². The van der Waals surface area contributed by atoms with E-state index in [1.54, 1.807) is 48.1 Å². The van der Waals surface area contributed by atoms with Crippen LogP contribution < -0.4 is 15.4 Å². The summed E-state index contributed by atoms with van der Waals surface area (Å²) >= 11 is 0. The van der Waals surface area contributed by atoms with Gasteiger partial charge in [0.05, 0.1) is 31.0 Å². The normalized spacial score (nSPS) is 10.7. The van der Waals surface area contributed by atoms with Gasteiger partial charge in [0.1, 0.15) is 18.1 Å². The molecule has 8 nitrogen and oxygen atoms in total. The number of methoxy groups -OCH3 is 1. The van der Waals surface area contributed by atoms with Crippen LogP contribution in [0.25, 0.3) is 11.0 Å². The lowest BCUT2D eigenvalue weighted by Crippen LogP contribution is -2.26. The van der Waals surface area contributed by atoms with E-state index >= 15 is 0 Å². The van der Waals surface area contributed by atoms with E-state index in [4.69, 9.17) is 9.15 Å². The first-order chi connectivity index (χ1) is 14.6. The molecule has 2 aromatic heterocycles. The van der Waals surface area contributed by atoms with Crippen molar-refractivity contribution in [2.75, 3.05) is 12.4 Å². The molecule has 152 valence electrons. The number of aromatic nitrogens is 2. The number of carbonyl (C=O) groups excluding carboxylic acids is 2. The van der Waals surface area contributed by atoms with Crippen molar-refractivity contribution in [3.63, 3.8) is 0 Å². The van der Waals surface area contributed by atoms with E-state index in [1.807, 2.05) is 24.3 Å². The Morgan fingerprint density at radius 1 is 1.07 bits per heavy atom. The monoisotopic (exact) mass is 404 g/mol. The van der Waals surface area contributed by atoms with Gasteiger partial charge in [0.2, 0.25) is 5.91 Å². The second-order valence-corrected chi connectivity index (χ2v) is 6.54. The molecule has 0 aliphatic heterocycles. The van der Waals surface area contributed by atoms with Crippen molar-refractivity contribution in [1.82, 2.24) is 14.9 Å². The lowest BCUT2D eigenvalue weighted by Gasteiger charge is -2.11. The summed E-state index contributed by atoms with van der Waals surface area (Å²) in [6, 6.07) is 17.8. The summed E-state index contributed by atoms with van der Waals surface area (Å²) in [6.07, 6.45) is 1.44. The van der Waals surface area contributed by atoms with Gasteiger partial charge in [-0.25, -0.2) is 4.98 Å². The van der Waals surface area contributed by atoms with Gasteiger partial charge in [-0.05, 0) is 48.5 Å². The first-order valence-electron chi connectivity index (χ1n) is 9.34. The number of anilines is 1. The molecule has 0 aliphatic rings. The Morgan fingerprint density at radius 3 is 2.60 bits per heavy atom. The van der Waals surface area contributed by atoms with Crippen molar-refractivity contribution in [2.24, 2.45) is 0 Å². The van der Waals surface area contributed by atoms with Crippen LogP contribution in [0.2, 0.25) is 0 Å². The molecule has 0 atom stereocenters. The van der Waals surface area contributed by atoms with Crippen LogP contribution in [0.15, 0.2) is 71.3 Å². The van der Waals surface area contributed by atoms with Crippen molar-refractivity contribution in [3.8, 4) is 5.75 Å². The molecular weight excluding hydrogens is 384 g/mol. The molecule has 2 N–H and O–H groups in total. The number of para-hydroxylation sites is 2. The Kier molecular flexibility index (Phi) is 5.47. The molecule has 8 heteroatoms. The Morgan fingerprint density at radius 2 is 1.87 bits per heavy atom. The number of rotatable bonds is 7. The third-order valence-corrected chi connectivity index (χ3v) is 4.56. The first kappa shape index (κ1) is 19.3. The van der Waals surface area contributed by atoms with E-state index < -0.39 is 0 Å². The van der Waals surface area contributed by atoms with Gasteiger partial charge in [-0.1, -0.05) is 12.1 Å². The van der Waals surface area contributed by atoms with Crippen LogP contribution in [-0.4, -0.2) is 28.5 Å². The van der Waals surface area contributed by atoms with Gasteiger partial charge in [-0.2, -0.15) is 0 Å². The highest BCUT2D eigenvalue weighted by Gasteiger charge is 2.16. The molecule has 0 radical (unpaired) electrons. The molecule has 0 aliphatic carbocycles. The zero-order chi connectivity index (χ0) is 20.9. The Labute approximate surface area is 172 Å². The first-order valence-corrected chi connectivity index (χ1v) is 9.34. The second-order valence-electron chi connectivity index (χ2n) is 6.54. The fourth-order valence-electron chi connectivity index (χ4n) is 3.11. The number of amides is 2. The highest BCUT2D eigenvalue weighted by Crippen LogP contribution is 2.18. The number of hydrogen-bond acceptors (Lipinski definition) is 5. The smallest absolute Gasteiger partial charge is 0.287 e. The quantitative estimate of drug-likeness (QED) is 0.493. The van der Waals surface area contributed by atoms with Crippen LogP contribution in [0, 0.1) is 0 Å². The SMILES string of the molecule is COc1ccc(NC(=O)Cn2c(CNC(=O)c3ccco3)nc3ccccc32)cc1. The predicted octanol–water partition coefficient (Wildman–Crippen LogP) is 3.21. The van der Waals surface area contributed by atoms with Gasteiger partial charge in [0.25, 0.3) is 5.91 Å². The number of fused-ring (bicyclic) bond motifs is 1. The van der Waals surface area contributed by atoms with Gasteiger partial charge < -0.3 is 24.4 Å². The number of carbonyl (C=O) groups is 2. The fourth-order valence-corrected chi connectivity index (χ4v) is 3.11. The number of benzene rings is 2. The van der Waals surface area contributed by atoms with Crippen LogP contribution >= 0.6 is 0 Å². The average Bonchev–Trinajstić information content (AvgIpc) is 3.41. The van der Waals surface area contributed by atoms with Gasteiger partial charge in [-0.15, -0.1) is 0 Å². The Bertz CT molecular complexity index is 1160. The molecule has 0 spiro atoms. The minimum atomic E-state index is -0.346. The fraction of sp³-hybridized carbons (Fsp3) is 0.136. The van der Waals surface area contributed by atoms with Crippen LogP contribution in [0.5, 0.6) is 5.75 Å². The van der Waals surface area contributed by atoms with Gasteiger partial charge in [0, 0.05) is 5.69 Å².